The van der Waals surface area contributed by atoms with Crippen LogP contribution in [0.4, 0.5) is 0 Å². The zero-order valence-electron chi connectivity index (χ0n) is 10.3. The smallest absolute Gasteiger partial charge is 0.307 e. The number of carbonyl (C=O) groups excluding carboxylic acids is 1. The zero-order chi connectivity index (χ0) is 12.1. The summed E-state index contributed by atoms with van der Waals surface area (Å²) in [6.45, 7) is 2.80. The Hall–Kier alpha value is -0.710. The van der Waals surface area contributed by atoms with Crippen LogP contribution in [0.1, 0.15) is 39.0 Å². The highest BCUT2D eigenvalue weighted by molar-refractivity contribution is 8.14. The topological polar surface area (TPSA) is 50.7 Å². The van der Waals surface area contributed by atoms with Gasteiger partial charge in [-0.05, 0) is 19.8 Å². The molecule has 0 atom stereocenters. The number of thioether (sulfide) groups is 1. The molecule has 0 bridgehead atoms. The van der Waals surface area contributed by atoms with Crippen molar-refractivity contribution in [2.75, 3.05) is 18.9 Å². The van der Waals surface area contributed by atoms with Gasteiger partial charge in [-0.3, -0.25) is 9.79 Å². The summed E-state index contributed by atoms with van der Waals surface area (Å²) in [7, 11) is 0. The van der Waals surface area contributed by atoms with E-state index >= 15 is 0 Å². The summed E-state index contributed by atoms with van der Waals surface area (Å²) in [5.74, 6) is 0.973. The van der Waals surface area contributed by atoms with E-state index in [1.54, 1.807) is 11.8 Å². The number of nitrogens with zero attached hydrogens (tertiary/aromatic N) is 1. The first kappa shape index (κ1) is 12.7. The minimum Gasteiger partial charge on any atom is -0.466 e. The molecule has 96 valence electrons. The minimum atomic E-state index is -0.157. The Bertz CT molecular complexity index is 312. The predicted molar refractivity (Wildman–Crippen MR) is 70.3 cm³/mol. The fourth-order valence-corrected chi connectivity index (χ4v) is 3.64. The van der Waals surface area contributed by atoms with Crippen molar-refractivity contribution in [3.63, 3.8) is 0 Å². The number of hydrogen-bond acceptors (Lipinski definition) is 4. The molecule has 17 heavy (non-hydrogen) atoms. The number of amidine groups is 1. The number of nitrogens with one attached hydrogen (secondary N) is 1. The third-order valence-corrected chi connectivity index (χ3v) is 4.50. The van der Waals surface area contributed by atoms with Gasteiger partial charge in [0.2, 0.25) is 0 Å². The van der Waals surface area contributed by atoms with E-state index < -0.39 is 0 Å². The van der Waals surface area contributed by atoms with Crippen LogP contribution in [0, 0.1) is 0 Å². The molecule has 1 heterocycles. The Morgan fingerprint density at radius 3 is 3.00 bits per heavy atom. The van der Waals surface area contributed by atoms with Crippen molar-refractivity contribution in [1.29, 1.82) is 0 Å². The molecule has 0 aromatic heterocycles. The molecule has 0 amide bonds. The van der Waals surface area contributed by atoms with Gasteiger partial charge in [-0.2, -0.15) is 0 Å². The van der Waals surface area contributed by atoms with Crippen LogP contribution in [0.2, 0.25) is 0 Å². The molecule has 1 saturated carbocycles. The lowest BCUT2D eigenvalue weighted by Gasteiger charge is -2.21. The SMILES string of the molecule is CCOC(=O)CCN=C1NC2(CCCC2)CS1. The number of aliphatic imine (C=N–C) groups is 1. The van der Waals surface area contributed by atoms with Gasteiger partial charge < -0.3 is 10.1 Å². The van der Waals surface area contributed by atoms with Gasteiger partial charge >= 0.3 is 5.97 Å². The average molecular weight is 256 g/mol. The lowest BCUT2D eigenvalue weighted by molar-refractivity contribution is -0.142. The highest BCUT2D eigenvalue weighted by Crippen LogP contribution is 2.37. The van der Waals surface area contributed by atoms with Gasteiger partial charge in [0.25, 0.3) is 0 Å². The highest BCUT2D eigenvalue weighted by atomic mass is 32.2. The number of ether oxygens (including phenoxy) is 1. The van der Waals surface area contributed by atoms with Gasteiger partial charge in [-0.15, -0.1) is 0 Å². The Morgan fingerprint density at radius 2 is 2.29 bits per heavy atom. The monoisotopic (exact) mass is 256 g/mol. The molecule has 1 N–H and O–H groups in total. The molecular formula is C12H20N2O2S. The van der Waals surface area contributed by atoms with Crippen LogP contribution >= 0.6 is 11.8 Å². The predicted octanol–water partition coefficient (Wildman–Crippen LogP) is 1.94. The van der Waals surface area contributed by atoms with E-state index in [1.807, 2.05) is 6.92 Å². The van der Waals surface area contributed by atoms with Crippen molar-refractivity contribution in [2.45, 2.75) is 44.6 Å². The maximum absolute atomic E-state index is 11.1. The minimum absolute atomic E-state index is 0.157. The van der Waals surface area contributed by atoms with Gasteiger partial charge in [0.05, 0.1) is 19.6 Å². The zero-order valence-corrected chi connectivity index (χ0v) is 11.1. The van der Waals surface area contributed by atoms with Gasteiger partial charge in [0.1, 0.15) is 0 Å². The standard InChI is InChI=1S/C12H20N2O2S/c1-2-16-10(15)5-8-13-11-14-12(9-17-11)6-3-4-7-12/h2-9H2,1H3,(H,13,14). The van der Waals surface area contributed by atoms with Crippen LogP contribution in [-0.2, 0) is 9.53 Å². The van der Waals surface area contributed by atoms with Crippen LogP contribution in [-0.4, -0.2) is 35.6 Å². The third-order valence-electron chi connectivity index (χ3n) is 3.29. The molecule has 1 aliphatic carbocycles. The molecule has 1 spiro atoms. The van der Waals surface area contributed by atoms with E-state index in [0.29, 0.717) is 25.1 Å². The number of hydrogen-bond donors (Lipinski definition) is 1. The fraction of sp³-hybridized carbons (Fsp3) is 0.833. The van der Waals surface area contributed by atoms with Crippen molar-refractivity contribution in [3.05, 3.63) is 0 Å². The summed E-state index contributed by atoms with van der Waals surface area (Å²) >= 11 is 1.79. The number of carbonyl (C=O) groups is 1. The van der Waals surface area contributed by atoms with Crippen LogP contribution < -0.4 is 5.32 Å². The van der Waals surface area contributed by atoms with Gasteiger partial charge in [-0.25, -0.2) is 0 Å². The second kappa shape index (κ2) is 5.76. The van der Waals surface area contributed by atoms with E-state index in [-0.39, 0.29) is 5.97 Å². The molecule has 2 aliphatic rings. The van der Waals surface area contributed by atoms with E-state index in [2.05, 4.69) is 10.3 Å². The Balaban J connectivity index is 1.74. The number of esters is 1. The van der Waals surface area contributed by atoms with E-state index in [4.69, 9.17) is 4.74 Å². The van der Waals surface area contributed by atoms with Crippen molar-refractivity contribution >= 4 is 22.9 Å². The Labute approximate surface area is 107 Å². The maximum atomic E-state index is 11.1. The number of rotatable bonds is 4. The van der Waals surface area contributed by atoms with E-state index in [1.165, 1.54) is 25.7 Å². The molecule has 0 aromatic rings. The van der Waals surface area contributed by atoms with Crippen LogP contribution in [0.25, 0.3) is 0 Å². The molecule has 1 saturated heterocycles. The van der Waals surface area contributed by atoms with Gasteiger partial charge in [0.15, 0.2) is 5.17 Å². The van der Waals surface area contributed by atoms with Gasteiger partial charge in [0, 0.05) is 11.3 Å². The largest absolute Gasteiger partial charge is 0.466 e. The summed E-state index contributed by atoms with van der Waals surface area (Å²) < 4.78 is 4.86. The van der Waals surface area contributed by atoms with Crippen molar-refractivity contribution in [1.82, 2.24) is 5.32 Å². The molecule has 5 heteroatoms. The summed E-state index contributed by atoms with van der Waals surface area (Å²) in [4.78, 5) is 15.6. The average Bonchev–Trinajstić information content (AvgIpc) is 2.91. The molecule has 4 nitrogen and oxygen atoms in total. The van der Waals surface area contributed by atoms with Crippen molar-refractivity contribution in [2.24, 2.45) is 4.99 Å². The molecule has 0 aromatic carbocycles. The summed E-state index contributed by atoms with van der Waals surface area (Å²) in [5, 5.41) is 4.54. The van der Waals surface area contributed by atoms with E-state index in [0.717, 1.165) is 10.9 Å². The lowest BCUT2D eigenvalue weighted by Crippen LogP contribution is -2.40. The lowest BCUT2D eigenvalue weighted by atomic mass is 10.0. The van der Waals surface area contributed by atoms with Crippen molar-refractivity contribution in [3.8, 4) is 0 Å². The van der Waals surface area contributed by atoms with Crippen LogP contribution in [0.3, 0.4) is 0 Å². The first-order valence-electron chi connectivity index (χ1n) is 6.35. The fourth-order valence-electron chi connectivity index (χ4n) is 2.39. The normalized spacial score (nSPS) is 24.2. The van der Waals surface area contributed by atoms with Crippen LogP contribution in [0.5, 0.6) is 0 Å². The molecule has 0 radical (unpaired) electrons. The quantitative estimate of drug-likeness (QED) is 0.781. The molecule has 1 aliphatic heterocycles. The first-order chi connectivity index (χ1) is 8.24. The maximum Gasteiger partial charge on any atom is 0.307 e. The first-order valence-corrected chi connectivity index (χ1v) is 7.34. The molecular weight excluding hydrogens is 236 g/mol. The molecule has 2 fully saturated rings. The third kappa shape index (κ3) is 3.37. The Kier molecular flexibility index (Phi) is 4.31. The van der Waals surface area contributed by atoms with Crippen molar-refractivity contribution < 1.29 is 9.53 Å². The Morgan fingerprint density at radius 1 is 1.53 bits per heavy atom. The highest BCUT2D eigenvalue weighted by Gasteiger charge is 2.39. The molecule has 0 unspecified atom stereocenters. The summed E-state index contributed by atoms with van der Waals surface area (Å²) in [6.07, 6.45) is 5.55. The summed E-state index contributed by atoms with van der Waals surface area (Å²) in [5.41, 5.74) is 0.313. The second-order valence-corrected chi connectivity index (χ2v) is 5.61. The van der Waals surface area contributed by atoms with Crippen LogP contribution in [0.15, 0.2) is 4.99 Å². The molecule has 2 rings (SSSR count). The second-order valence-electron chi connectivity index (χ2n) is 4.64. The summed E-state index contributed by atoms with van der Waals surface area (Å²) in [6, 6.07) is 0. The van der Waals surface area contributed by atoms with Gasteiger partial charge in [-0.1, -0.05) is 24.6 Å². The van der Waals surface area contributed by atoms with E-state index in [9.17, 15) is 4.79 Å².